The molecule has 1 aromatic rings. The van der Waals surface area contributed by atoms with E-state index in [1.54, 1.807) is 11.0 Å². The fourth-order valence-electron chi connectivity index (χ4n) is 2.53. The van der Waals surface area contributed by atoms with Crippen molar-refractivity contribution in [3.05, 3.63) is 29.3 Å². The van der Waals surface area contributed by atoms with Gasteiger partial charge in [0.2, 0.25) is 15.9 Å². The third-order valence-electron chi connectivity index (χ3n) is 3.86. The molecule has 0 N–H and O–H groups in total. The Morgan fingerprint density at radius 3 is 2.33 bits per heavy atom. The van der Waals surface area contributed by atoms with E-state index in [1.165, 1.54) is 4.31 Å². The summed E-state index contributed by atoms with van der Waals surface area (Å²) in [4.78, 5) is 13.8. The van der Waals surface area contributed by atoms with Crippen LogP contribution in [-0.4, -0.2) is 49.7 Å². The van der Waals surface area contributed by atoms with E-state index in [1.807, 2.05) is 32.9 Å². The lowest BCUT2D eigenvalue weighted by Crippen LogP contribution is -2.50. The molecular weight excluding hydrogens is 288 g/mol. The van der Waals surface area contributed by atoms with Gasteiger partial charge in [-0.2, -0.15) is 4.31 Å². The van der Waals surface area contributed by atoms with Gasteiger partial charge in [-0.1, -0.05) is 19.1 Å². The van der Waals surface area contributed by atoms with Crippen LogP contribution in [-0.2, 0) is 14.8 Å². The van der Waals surface area contributed by atoms with E-state index in [0.717, 1.165) is 11.1 Å². The van der Waals surface area contributed by atoms with Gasteiger partial charge < -0.3 is 4.90 Å². The molecule has 21 heavy (non-hydrogen) atoms. The Balaban J connectivity index is 2.19. The van der Waals surface area contributed by atoms with E-state index < -0.39 is 10.0 Å². The number of piperazine rings is 1. The molecule has 5 nitrogen and oxygen atoms in total. The summed E-state index contributed by atoms with van der Waals surface area (Å²) in [7, 11) is -3.48. The number of carbonyl (C=O) groups excluding carboxylic acids is 1. The van der Waals surface area contributed by atoms with Crippen LogP contribution in [0.1, 0.15) is 24.5 Å². The molecule has 0 aliphatic carbocycles. The van der Waals surface area contributed by atoms with Crippen LogP contribution >= 0.6 is 0 Å². The van der Waals surface area contributed by atoms with E-state index in [9.17, 15) is 13.2 Å². The lowest BCUT2D eigenvalue weighted by Gasteiger charge is -2.34. The zero-order chi connectivity index (χ0) is 15.6. The van der Waals surface area contributed by atoms with Crippen LogP contribution < -0.4 is 0 Å². The summed E-state index contributed by atoms with van der Waals surface area (Å²) in [5, 5.41) is 0. The average molecular weight is 310 g/mol. The highest BCUT2D eigenvalue weighted by Gasteiger charge is 2.30. The zero-order valence-corrected chi connectivity index (χ0v) is 13.6. The van der Waals surface area contributed by atoms with Gasteiger partial charge in [0, 0.05) is 32.6 Å². The van der Waals surface area contributed by atoms with Gasteiger partial charge in [0.15, 0.2) is 0 Å². The largest absolute Gasteiger partial charge is 0.340 e. The number of hydrogen-bond donors (Lipinski definition) is 0. The van der Waals surface area contributed by atoms with Crippen molar-refractivity contribution in [2.75, 3.05) is 26.2 Å². The highest BCUT2D eigenvalue weighted by Crippen LogP contribution is 2.22. The van der Waals surface area contributed by atoms with Gasteiger partial charge in [0.1, 0.15) is 0 Å². The monoisotopic (exact) mass is 310 g/mol. The third kappa shape index (κ3) is 3.27. The maximum Gasteiger partial charge on any atom is 0.243 e. The summed E-state index contributed by atoms with van der Waals surface area (Å²) in [5.41, 5.74) is 1.69. The van der Waals surface area contributed by atoms with Crippen molar-refractivity contribution in [1.82, 2.24) is 9.21 Å². The summed E-state index contributed by atoms with van der Waals surface area (Å²) >= 11 is 0. The molecule has 0 aromatic heterocycles. The predicted octanol–water partition coefficient (Wildman–Crippen LogP) is 1.55. The molecule has 116 valence electrons. The second-order valence-electron chi connectivity index (χ2n) is 5.41. The first-order valence-electron chi connectivity index (χ1n) is 7.21. The number of benzene rings is 1. The fraction of sp³-hybridized carbons (Fsp3) is 0.533. The number of nitrogens with zero attached hydrogens (tertiary/aromatic N) is 2. The van der Waals surface area contributed by atoms with Crippen LogP contribution in [0.4, 0.5) is 0 Å². The SMILES string of the molecule is CCC(=O)N1CCN(S(=O)(=O)c2cc(C)ccc2C)CC1. The molecule has 0 bridgehead atoms. The van der Waals surface area contributed by atoms with E-state index in [2.05, 4.69) is 0 Å². The van der Waals surface area contributed by atoms with Crippen LogP contribution in [0.3, 0.4) is 0 Å². The second kappa shape index (κ2) is 6.15. The van der Waals surface area contributed by atoms with Crippen LogP contribution in [0.2, 0.25) is 0 Å². The zero-order valence-electron chi connectivity index (χ0n) is 12.8. The van der Waals surface area contributed by atoms with Crippen molar-refractivity contribution in [3.63, 3.8) is 0 Å². The highest BCUT2D eigenvalue weighted by atomic mass is 32.2. The van der Waals surface area contributed by atoms with Crippen LogP contribution in [0.15, 0.2) is 23.1 Å². The molecule has 0 saturated carbocycles. The van der Waals surface area contributed by atoms with Gasteiger partial charge in [-0.25, -0.2) is 8.42 Å². The van der Waals surface area contributed by atoms with Gasteiger partial charge in [0.05, 0.1) is 4.90 Å². The van der Waals surface area contributed by atoms with Crippen molar-refractivity contribution >= 4 is 15.9 Å². The Labute approximate surface area is 126 Å². The molecule has 1 aliphatic rings. The standard InChI is InChI=1S/C15H22N2O3S/c1-4-15(18)16-7-9-17(10-8-16)21(19,20)14-11-12(2)5-6-13(14)3/h5-6,11H,4,7-10H2,1-3H3. The lowest BCUT2D eigenvalue weighted by molar-refractivity contribution is -0.132. The minimum absolute atomic E-state index is 0.0822. The maximum absolute atomic E-state index is 12.7. The van der Waals surface area contributed by atoms with E-state index in [4.69, 9.17) is 0 Å². The first-order valence-corrected chi connectivity index (χ1v) is 8.65. The number of aryl methyl sites for hydroxylation is 2. The molecule has 0 spiro atoms. The molecule has 1 heterocycles. The Hall–Kier alpha value is -1.40. The quantitative estimate of drug-likeness (QED) is 0.851. The molecular formula is C15H22N2O3S. The minimum atomic E-state index is -3.48. The molecule has 6 heteroatoms. The van der Waals surface area contributed by atoms with Crippen LogP contribution in [0.25, 0.3) is 0 Å². The Kier molecular flexibility index (Phi) is 4.68. The van der Waals surface area contributed by atoms with Crippen molar-refractivity contribution in [2.24, 2.45) is 0 Å². The summed E-state index contributed by atoms with van der Waals surface area (Å²) < 4.78 is 26.9. The predicted molar refractivity (Wildman–Crippen MR) is 81.5 cm³/mol. The molecule has 0 atom stereocenters. The maximum atomic E-state index is 12.7. The first-order chi connectivity index (χ1) is 9.86. The minimum Gasteiger partial charge on any atom is -0.340 e. The molecule has 1 aliphatic heterocycles. The molecule has 0 radical (unpaired) electrons. The number of rotatable bonds is 3. The number of amides is 1. The van der Waals surface area contributed by atoms with Gasteiger partial charge in [-0.15, -0.1) is 0 Å². The van der Waals surface area contributed by atoms with E-state index >= 15 is 0 Å². The van der Waals surface area contributed by atoms with Gasteiger partial charge >= 0.3 is 0 Å². The fourth-order valence-corrected chi connectivity index (χ4v) is 4.26. The molecule has 2 rings (SSSR count). The van der Waals surface area contributed by atoms with Gasteiger partial charge in [0.25, 0.3) is 0 Å². The third-order valence-corrected chi connectivity index (χ3v) is 5.90. The van der Waals surface area contributed by atoms with Crippen molar-refractivity contribution < 1.29 is 13.2 Å². The summed E-state index contributed by atoms with van der Waals surface area (Å²) in [6.45, 7) is 7.18. The Bertz CT molecular complexity index is 632. The van der Waals surface area contributed by atoms with Crippen molar-refractivity contribution in [1.29, 1.82) is 0 Å². The molecule has 1 aromatic carbocycles. The normalized spacial score (nSPS) is 17.0. The van der Waals surface area contributed by atoms with Crippen molar-refractivity contribution in [3.8, 4) is 0 Å². The van der Waals surface area contributed by atoms with Crippen molar-refractivity contribution in [2.45, 2.75) is 32.1 Å². The van der Waals surface area contributed by atoms with Gasteiger partial charge in [-0.3, -0.25) is 4.79 Å². The lowest BCUT2D eigenvalue weighted by atomic mass is 10.2. The topological polar surface area (TPSA) is 57.7 Å². The van der Waals surface area contributed by atoms with E-state index in [-0.39, 0.29) is 5.91 Å². The molecule has 0 unspecified atom stereocenters. The smallest absolute Gasteiger partial charge is 0.243 e. The van der Waals surface area contributed by atoms with Gasteiger partial charge in [-0.05, 0) is 31.0 Å². The number of hydrogen-bond acceptors (Lipinski definition) is 3. The summed E-state index contributed by atoms with van der Waals surface area (Å²) in [6, 6.07) is 5.46. The average Bonchev–Trinajstić information content (AvgIpc) is 2.49. The van der Waals surface area contributed by atoms with Crippen LogP contribution in [0, 0.1) is 13.8 Å². The van der Waals surface area contributed by atoms with E-state index in [0.29, 0.717) is 37.5 Å². The Morgan fingerprint density at radius 2 is 1.76 bits per heavy atom. The molecule has 1 fully saturated rings. The number of carbonyl (C=O) groups is 1. The number of sulfonamides is 1. The summed E-state index contributed by atoms with van der Waals surface area (Å²) in [5.74, 6) is 0.0822. The molecule has 1 amide bonds. The summed E-state index contributed by atoms with van der Waals surface area (Å²) in [6.07, 6.45) is 0.462. The highest BCUT2D eigenvalue weighted by molar-refractivity contribution is 7.89. The molecule has 1 saturated heterocycles. The first kappa shape index (κ1) is 16.0. The van der Waals surface area contributed by atoms with Crippen LogP contribution in [0.5, 0.6) is 0 Å². The Morgan fingerprint density at radius 1 is 1.14 bits per heavy atom. The second-order valence-corrected chi connectivity index (χ2v) is 7.31.